The Kier molecular flexibility index (Phi) is 10.9. The maximum atomic E-state index is 12.9. The highest BCUT2D eigenvalue weighted by molar-refractivity contribution is 6.01. The van der Waals surface area contributed by atoms with Crippen molar-refractivity contribution < 1.29 is 9.59 Å². The van der Waals surface area contributed by atoms with E-state index in [2.05, 4.69) is 29.7 Å². The molecule has 1 saturated heterocycles. The van der Waals surface area contributed by atoms with E-state index in [-0.39, 0.29) is 23.0 Å². The molecule has 0 aromatic heterocycles. The molecule has 5 heteroatoms. The van der Waals surface area contributed by atoms with Crippen molar-refractivity contribution in [3.8, 4) is 0 Å². The third-order valence-corrected chi connectivity index (χ3v) is 6.39. The Labute approximate surface area is 202 Å². The number of benzene rings is 1. The molecule has 0 bridgehead atoms. The summed E-state index contributed by atoms with van der Waals surface area (Å²) in [5, 5.41) is 6.39. The first-order valence-corrected chi connectivity index (χ1v) is 13.1. The molecule has 0 radical (unpaired) electrons. The van der Waals surface area contributed by atoms with E-state index in [1.807, 2.05) is 39.8 Å². The van der Waals surface area contributed by atoms with Gasteiger partial charge in [0.15, 0.2) is 0 Å². The van der Waals surface area contributed by atoms with Crippen LogP contribution in [0, 0.1) is 0 Å². The average molecular weight is 458 g/mol. The Hall–Kier alpha value is -1.88. The molecule has 1 aromatic rings. The Morgan fingerprint density at radius 2 is 1.42 bits per heavy atom. The van der Waals surface area contributed by atoms with Crippen molar-refractivity contribution in [3.05, 3.63) is 29.8 Å². The van der Waals surface area contributed by atoms with E-state index < -0.39 is 0 Å². The Bertz CT molecular complexity index is 740. The number of unbranched alkanes of at least 4 members (excludes halogenated alkanes) is 9. The fourth-order valence-electron chi connectivity index (χ4n) is 4.90. The summed E-state index contributed by atoms with van der Waals surface area (Å²) in [5.74, 6) is -0.145. The number of imide groups is 1. The van der Waals surface area contributed by atoms with Crippen molar-refractivity contribution in [2.75, 3.05) is 11.9 Å². The summed E-state index contributed by atoms with van der Waals surface area (Å²) in [6, 6.07) is 7.71. The van der Waals surface area contributed by atoms with Gasteiger partial charge in [0.2, 0.25) is 5.91 Å². The minimum atomic E-state index is -0.352. The standard InChI is InChI=1S/C28H47N3O2/c1-6-7-8-9-10-11-12-13-14-15-16-23-17-19-24(20-18-23)29-26(33)31-22-28(4,5)30-27(2,3)21-25(31)32/h17-20,30H,6-16,21-22H2,1-5H3,(H,29,33). The number of anilines is 1. The normalized spacial score (nSPS) is 17.6. The molecular weight excluding hydrogens is 410 g/mol. The number of aryl methyl sites for hydroxylation is 1. The molecule has 1 heterocycles. The van der Waals surface area contributed by atoms with Crippen molar-refractivity contribution in [1.82, 2.24) is 10.2 Å². The first-order chi connectivity index (χ1) is 15.6. The van der Waals surface area contributed by atoms with Gasteiger partial charge < -0.3 is 10.6 Å². The number of urea groups is 1. The van der Waals surface area contributed by atoms with Gasteiger partial charge in [-0.3, -0.25) is 9.69 Å². The van der Waals surface area contributed by atoms with Crippen LogP contribution in [0.25, 0.3) is 0 Å². The smallest absolute Gasteiger partial charge is 0.307 e. The summed E-state index contributed by atoms with van der Waals surface area (Å²) in [7, 11) is 0. The molecule has 1 fully saturated rings. The highest BCUT2D eigenvalue weighted by atomic mass is 16.2. The van der Waals surface area contributed by atoms with Gasteiger partial charge in [0, 0.05) is 29.7 Å². The summed E-state index contributed by atoms with van der Waals surface area (Å²) in [5.41, 5.74) is 1.34. The maximum Gasteiger partial charge on any atom is 0.328 e. The van der Waals surface area contributed by atoms with Crippen molar-refractivity contribution >= 4 is 17.6 Å². The molecule has 5 nitrogen and oxygen atoms in total. The lowest BCUT2D eigenvalue weighted by Crippen LogP contribution is -2.54. The summed E-state index contributed by atoms with van der Waals surface area (Å²) >= 11 is 0. The Morgan fingerprint density at radius 3 is 2.00 bits per heavy atom. The Balaban J connectivity index is 1.72. The summed E-state index contributed by atoms with van der Waals surface area (Å²) in [6.07, 6.45) is 14.8. The molecule has 3 amide bonds. The van der Waals surface area contributed by atoms with E-state index >= 15 is 0 Å². The molecule has 0 atom stereocenters. The maximum absolute atomic E-state index is 12.9. The largest absolute Gasteiger partial charge is 0.328 e. The first-order valence-electron chi connectivity index (χ1n) is 13.1. The molecule has 1 aliphatic rings. The van der Waals surface area contributed by atoms with Gasteiger partial charge in [-0.1, -0.05) is 76.8 Å². The van der Waals surface area contributed by atoms with Crippen LogP contribution < -0.4 is 10.6 Å². The zero-order valence-electron chi connectivity index (χ0n) is 21.8. The monoisotopic (exact) mass is 457 g/mol. The van der Waals surface area contributed by atoms with Gasteiger partial charge in [0.1, 0.15) is 0 Å². The van der Waals surface area contributed by atoms with Crippen LogP contribution >= 0.6 is 0 Å². The average Bonchev–Trinajstić information content (AvgIpc) is 2.81. The van der Waals surface area contributed by atoms with E-state index in [0.29, 0.717) is 13.0 Å². The predicted octanol–water partition coefficient (Wildman–Crippen LogP) is 7.06. The highest BCUT2D eigenvalue weighted by Crippen LogP contribution is 2.23. The second-order valence-electron chi connectivity index (χ2n) is 11.1. The molecule has 1 aromatic carbocycles. The predicted molar refractivity (Wildman–Crippen MR) is 139 cm³/mol. The summed E-state index contributed by atoms with van der Waals surface area (Å²) < 4.78 is 0. The van der Waals surface area contributed by atoms with Crippen molar-refractivity contribution in [3.63, 3.8) is 0 Å². The van der Waals surface area contributed by atoms with Crippen LogP contribution in [0.2, 0.25) is 0 Å². The van der Waals surface area contributed by atoms with Crippen LogP contribution in [0.15, 0.2) is 24.3 Å². The van der Waals surface area contributed by atoms with Crippen LogP contribution in [0.4, 0.5) is 10.5 Å². The molecule has 0 aliphatic carbocycles. The molecule has 2 N–H and O–H groups in total. The fraction of sp³-hybridized carbons (Fsp3) is 0.714. The molecular formula is C28H47N3O2. The minimum Gasteiger partial charge on any atom is -0.307 e. The van der Waals surface area contributed by atoms with E-state index in [0.717, 1.165) is 12.1 Å². The second-order valence-corrected chi connectivity index (χ2v) is 11.1. The molecule has 33 heavy (non-hydrogen) atoms. The minimum absolute atomic E-state index is 0.145. The van der Waals surface area contributed by atoms with Gasteiger partial charge >= 0.3 is 6.03 Å². The number of nitrogens with one attached hydrogen (secondary N) is 2. The van der Waals surface area contributed by atoms with Crippen LogP contribution in [0.1, 0.15) is 111 Å². The highest BCUT2D eigenvalue weighted by Gasteiger charge is 2.39. The number of carbonyl (C=O) groups excluding carboxylic acids is 2. The van der Waals surface area contributed by atoms with Gasteiger partial charge in [-0.05, 0) is 58.2 Å². The number of hydrogen-bond donors (Lipinski definition) is 2. The van der Waals surface area contributed by atoms with Crippen molar-refractivity contribution in [2.24, 2.45) is 0 Å². The van der Waals surface area contributed by atoms with Crippen molar-refractivity contribution in [2.45, 2.75) is 123 Å². The van der Waals surface area contributed by atoms with Crippen LogP contribution in [-0.4, -0.2) is 34.5 Å². The number of rotatable bonds is 12. The lowest BCUT2D eigenvalue weighted by Gasteiger charge is -2.34. The number of carbonyl (C=O) groups is 2. The van der Waals surface area contributed by atoms with Crippen LogP contribution in [-0.2, 0) is 11.2 Å². The van der Waals surface area contributed by atoms with Crippen molar-refractivity contribution in [1.29, 1.82) is 0 Å². The van der Waals surface area contributed by atoms with Gasteiger partial charge in [0.05, 0.1) is 0 Å². The van der Waals surface area contributed by atoms with E-state index in [9.17, 15) is 9.59 Å². The van der Waals surface area contributed by atoms with Gasteiger partial charge in [-0.15, -0.1) is 0 Å². The first kappa shape index (κ1) is 27.4. The number of hydrogen-bond acceptors (Lipinski definition) is 3. The van der Waals surface area contributed by atoms with E-state index in [1.54, 1.807) is 0 Å². The molecule has 1 aliphatic heterocycles. The Morgan fingerprint density at radius 1 is 0.879 bits per heavy atom. The zero-order valence-corrected chi connectivity index (χ0v) is 21.8. The molecule has 0 spiro atoms. The quantitative estimate of drug-likeness (QED) is 0.330. The summed E-state index contributed by atoms with van der Waals surface area (Å²) in [4.78, 5) is 26.9. The third-order valence-electron chi connectivity index (χ3n) is 6.39. The lowest BCUT2D eigenvalue weighted by atomic mass is 9.96. The van der Waals surface area contributed by atoms with Gasteiger partial charge in [-0.25, -0.2) is 4.79 Å². The molecule has 0 unspecified atom stereocenters. The summed E-state index contributed by atoms with van der Waals surface area (Å²) in [6.45, 7) is 10.7. The van der Waals surface area contributed by atoms with Crippen LogP contribution in [0.3, 0.4) is 0 Å². The number of amides is 3. The third kappa shape index (κ3) is 10.3. The van der Waals surface area contributed by atoms with Gasteiger partial charge in [0.25, 0.3) is 0 Å². The number of nitrogens with zero attached hydrogens (tertiary/aromatic N) is 1. The topological polar surface area (TPSA) is 61.4 Å². The lowest BCUT2D eigenvalue weighted by molar-refractivity contribution is -0.128. The van der Waals surface area contributed by atoms with Gasteiger partial charge in [-0.2, -0.15) is 0 Å². The molecule has 0 saturated carbocycles. The fourth-order valence-corrected chi connectivity index (χ4v) is 4.90. The molecule has 186 valence electrons. The van der Waals surface area contributed by atoms with E-state index in [1.165, 1.54) is 74.7 Å². The SMILES string of the molecule is CCCCCCCCCCCCc1ccc(NC(=O)N2CC(C)(C)NC(C)(C)CC2=O)cc1. The van der Waals surface area contributed by atoms with Crippen LogP contribution in [0.5, 0.6) is 0 Å². The zero-order chi connectivity index (χ0) is 24.3. The molecule has 2 rings (SSSR count). The second kappa shape index (κ2) is 13.1. The van der Waals surface area contributed by atoms with E-state index in [4.69, 9.17) is 0 Å².